The third-order valence-electron chi connectivity index (χ3n) is 9.87. The first-order chi connectivity index (χ1) is 21.8. The normalized spacial score (nSPS) is 29.8. The van der Waals surface area contributed by atoms with Crippen molar-refractivity contribution in [2.45, 2.75) is 76.1 Å². The van der Waals surface area contributed by atoms with Gasteiger partial charge in [0, 0.05) is 62.1 Å². The number of allylic oxidation sites excluding steroid dienone is 1. The van der Waals surface area contributed by atoms with Gasteiger partial charge in [0.2, 0.25) is 0 Å². The van der Waals surface area contributed by atoms with Gasteiger partial charge in [0.1, 0.15) is 5.69 Å². The molecule has 0 radical (unpaired) electrons. The molecule has 1 aliphatic carbocycles. The van der Waals surface area contributed by atoms with Gasteiger partial charge in [0.25, 0.3) is 5.91 Å². The molecule has 2 aromatic rings. The Bertz CT molecular complexity index is 1340. The number of carbonyl (C=O) groups is 1. The molecule has 1 amide bonds. The van der Waals surface area contributed by atoms with Crippen molar-refractivity contribution < 1.29 is 23.3 Å². The van der Waals surface area contributed by atoms with Crippen LogP contribution in [0.3, 0.4) is 0 Å². The average molecular weight is 658 g/mol. The SMILES string of the molecule is CCCc1cc(Cl)ccc1C1COc2ccc3nc2N(C1)CC1CCC1[C@@](C)(OC)/C=C/CC(C)C(CCOC)SONC3=O. The van der Waals surface area contributed by atoms with Gasteiger partial charge in [0.05, 0.1) is 12.2 Å². The molecule has 1 fully saturated rings. The second-order valence-electron chi connectivity index (χ2n) is 12.9. The highest BCUT2D eigenvalue weighted by atomic mass is 35.5. The number of aryl methyl sites for hydroxylation is 1. The maximum absolute atomic E-state index is 13.3. The van der Waals surface area contributed by atoms with Crippen LogP contribution < -0.4 is 15.1 Å². The van der Waals surface area contributed by atoms with E-state index < -0.39 is 0 Å². The second kappa shape index (κ2) is 15.5. The molecule has 5 unspecified atom stereocenters. The number of aromatic nitrogens is 1. The van der Waals surface area contributed by atoms with E-state index in [1.54, 1.807) is 13.2 Å². The van der Waals surface area contributed by atoms with Crippen LogP contribution in [0.15, 0.2) is 42.5 Å². The number of nitrogens with one attached hydrogen (secondary N) is 1. The molecule has 3 heterocycles. The Balaban J connectivity index is 1.50. The highest BCUT2D eigenvalue weighted by molar-refractivity contribution is 7.95. The first kappa shape index (κ1) is 34.0. The number of rotatable bonds is 7. The van der Waals surface area contributed by atoms with Crippen LogP contribution in [-0.4, -0.2) is 62.3 Å². The first-order valence-electron chi connectivity index (χ1n) is 16.3. The number of anilines is 1. The number of amides is 1. The van der Waals surface area contributed by atoms with E-state index in [0.717, 1.165) is 56.6 Å². The van der Waals surface area contributed by atoms with E-state index in [0.29, 0.717) is 48.2 Å². The smallest absolute Gasteiger partial charge is 0.294 e. The lowest BCUT2D eigenvalue weighted by atomic mass is 9.64. The summed E-state index contributed by atoms with van der Waals surface area (Å²) in [6, 6.07) is 9.79. The van der Waals surface area contributed by atoms with Crippen LogP contribution >= 0.6 is 23.6 Å². The van der Waals surface area contributed by atoms with Crippen molar-refractivity contribution in [1.82, 2.24) is 10.5 Å². The second-order valence-corrected chi connectivity index (χ2v) is 14.3. The third-order valence-corrected chi connectivity index (χ3v) is 11.2. The lowest BCUT2D eigenvalue weighted by Crippen LogP contribution is -2.49. The molecule has 0 saturated heterocycles. The number of hydrogen-bond acceptors (Lipinski definition) is 8. The maximum Gasteiger partial charge on any atom is 0.294 e. The quantitative estimate of drug-likeness (QED) is 0.244. The van der Waals surface area contributed by atoms with Gasteiger partial charge in [0.15, 0.2) is 11.6 Å². The van der Waals surface area contributed by atoms with Crippen LogP contribution in [0.5, 0.6) is 5.75 Å². The molecule has 10 heteroatoms. The van der Waals surface area contributed by atoms with Crippen LogP contribution in [0.25, 0.3) is 0 Å². The summed E-state index contributed by atoms with van der Waals surface area (Å²) >= 11 is 7.70. The molecule has 5 rings (SSSR count). The van der Waals surface area contributed by atoms with E-state index in [2.05, 4.69) is 55.4 Å². The Morgan fingerprint density at radius 3 is 2.78 bits per heavy atom. The number of halogens is 1. The summed E-state index contributed by atoms with van der Waals surface area (Å²) < 4.78 is 23.8. The number of nitrogens with zero attached hydrogens (tertiary/aromatic N) is 2. The number of benzene rings is 1. The topological polar surface area (TPSA) is 82.2 Å². The van der Waals surface area contributed by atoms with Crippen molar-refractivity contribution in [3.63, 3.8) is 0 Å². The number of hydroxylamine groups is 1. The molecule has 1 saturated carbocycles. The van der Waals surface area contributed by atoms with Crippen molar-refractivity contribution in [2.24, 2.45) is 17.8 Å². The van der Waals surface area contributed by atoms with Crippen molar-refractivity contribution in [3.05, 3.63) is 64.3 Å². The lowest BCUT2D eigenvalue weighted by molar-refractivity contribution is -0.0621. The Labute approximate surface area is 277 Å². The Hall–Kier alpha value is -2.30. The van der Waals surface area contributed by atoms with Crippen LogP contribution in [-0.2, 0) is 20.2 Å². The maximum atomic E-state index is 13.3. The summed E-state index contributed by atoms with van der Waals surface area (Å²) in [5, 5.41) is 0.879. The van der Waals surface area contributed by atoms with Gasteiger partial charge in [-0.2, -0.15) is 0 Å². The van der Waals surface area contributed by atoms with E-state index in [1.165, 1.54) is 23.2 Å². The summed E-state index contributed by atoms with van der Waals surface area (Å²) in [6.45, 7) is 9.25. The van der Waals surface area contributed by atoms with Crippen LogP contribution in [0.2, 0.25) is 5.02 Å². The molecule has 8 nitrogen and oxygen atoms in total. The molecule has 1 aromatic heterocycles. The van der Waals surface area contributed by atoms with Crippen LogP contribution in [0, 0.1) is 17.8 Å². The summed E-state index contributed by atoms with van der Waals surface area (Å²) in [6.07, 6.45) is 10.4. The number of methoxy groups -OCH3 is 2. The molecule has 2 aliphatic heterocycles. The van der Waals surface area contributed by atoms with E-state index >= 15 is 0 Å². The van der Waals surface area contributed by atoms with E-state index in [-0.39, 0.29) is 22.7 Å². The molecule has 246 valence electrons. The summed E-state index contributed by atoms with van der Waals surface area (Å²) in [4.78, 5) is 20.5. The van der Waals surface area contributed by atoms with Gasteiger partial charge >= 0.3 is 0 Å². The van der Waals surface area contributed by atoms with Gasteiger partial charge < -0.3 is 19.1 Å². The fourth-order valence-electron chi connectivity index (χ4n) is 6.98. The van der Waals surface area contributed by atoms with Gasteiger partial charge in [-0.1, -0.05) is 50.1 Å². The predicted octanol–water partition coefficient (Wildman–Crippen LogP) is 7.41. The van der Waals surface area contributed by atoms with Crippen LogP contribution in [0.4, 0.5) is 5.82 Å². The Morgan fingerprint density at radius 1 is 1.20 bits per heavy atom. The predicted molar refractivity (Wildman–Crippen MR) is 181 cm³/mol. The van der Waals surface area contributed by atoms with E-state index in [1.807, 2.05) is 19.2 Å². The lowest BCUT2D eigenvalue weighted by Gasteiger charge is -2.48. The molecule has 1 N–H and O–H groups in total. The fourth-order valence-corrected chi connectivity index (χ4v) is 7.91. The van der Waals surface area contributed by atoms with Crippen molar-refractivity contribution in [2.75, 3.05) is 45.4 Å². The van der Waals surface area contributed by atoms with Crippen molar-refractivity contribution in [3.8, 4) is 5.75 Å². The summed E-state index contributed by atoms with van der Waals surface area (Å²) in [7, 11) is 3.52. The van der Waals surface area contributed by atoms with Gasteiger partial charge in [-0.15, -0.1) is 0 Å². The molecular weight excluding hydrogens is 610 g/mol. The van der Waals surface area contributed by atoms with Gasteiger partial charge in [-0.25, -0.2) is 14.7 Å². The molecule has 1 aromatic carbocycles. The zero-order valence-corrected chi connectivity index (χ0v) is 28.8. The number of pyridine rings is 1. The van der Waals surface area contributed by atoms with Gasteiger partial charge in [-0.05, 0) is 92.2 Å². The fraction of sp³-hybridized carbons (Fsp3) is 0.600. The van der Waals surface area contributed by atoms with Gasteiger partial charge in [-0.3, -0.25) is 4.79 Å². The molecule has 2 bridgehead atoms. The van der Waals surface area contributed by atoms with Crippen molar-refractivity contribution in [1.29, 1.82) is 0 Å². The zero-order valence-electron chi connectivity index (χ0n) is 27.2. The number of fused-ring (bicyclic) bond motifs is 2. The molecule has 0 spiro atoms. The number of carbonyl (C=O) groups excluding carboxylic acids is 1. The number of hydrogen-bond donors (Lipinski definition) is 1. The Morgan fingerprint density at radius 2 is 2.04 bits per heavy atom. The molecule has 45 heavy (non-hydrogen) atoms. The standard InChI is InChI=1S/C35H48ClN3O5S/c1-6-8-24-19-27(36)11-12-28(24)26-21-39-20-25-10-13-29(25)35(3,42-5)17-7-9-23(2)32(16-18-41-4)45-44-38-34(40)30-14-15-31(43-22-26)33(39)37-30/h7,11-12,14-15,17,19,23,25-26,29,32H,6,8-10,13,16,18,20-22H2,1-5H3,(H,38,40)/b17-7+/t23?,25?,26?,29?,32?,35-/m0/s1. The largest absolute Gasteiger partial charge is 0.489 e. The highest BCUT2D eigenvalue weighted by Crippen LogP contribution is 2.46. The minimum atomic E-state index is -0.385. The van der Waals surface area contributed by atoms with Crippen molar-refractivity contribution >= 4 is 35.4 Å². The zero-order chi connectivity index (χ0) is 32.0. The first-order valence-corrected chi connectivity index (χ1v) is 17.5. The number of ether oxygens (including phenoxy) is 3. The monoisotopic (exact) mass is 657 g/mol. The highest BCUT2D eigenvalue weighted by Gasteiger charge is 2.45. The molecule has 3 aliphatic rings. The van der Waals surface area contributed by atoms with E-state index in [4.69, 9.17) is 35.1 Å². The Kier molecular flexibility index (Phi) is 11.7. The summed E-state index contributed by atoms with van der Waals surface area (Å²) in [5.41, 5.74) is 5.04. The molecular formula is C35H48ClN3O5S. The molecule has 6 atom stereocenters. The van der Waals surface area contributed by atoms with Crippen LogP contribution in [0.1, 0.15) is 80.4 Å². The average Bonchev–Trinajstić information content (AvgIpc) is 3.19. The third kappa shape index (κ3) is 7.99. The minimum absolute atomic E-state index is 0.113. The van der Waals surface area contributed by atoms with E-state index in [9.17, 15) is 4.79 Å². The minimum Gasteiger partial charge on any atom is -0.489 e. The summed E-state index contributed by atoms with van der Waals surface area (Å²) in [5.74, 6) is 2.16.